The van der Waals surface area contributed by atoms with E-state index in [1.165, 1.54) is 12.8 Å². The SMILES string of the molecule is CCC1(CNc2cc(Cl)nnc2Cl)CCCNC1. The Morgan fingerprint density at radius 1 is 1.44 bits per heavy atom. The van der Waals surface area contributed by atoms with Crippen molar-refractivity contribution in [1.82, 2.24) is 15.5 Å². The van der Waals surface area contributed by atoms with E-state index >= 15 is 0 Å². The predicted octanol–water partition coefficient (Wildman–Crippen LogP) is 2.98. The van der Waals surface area contributed by atoms with Crippen molar-refractivity contribution in [2.24, 2.45) is 5.41 Å². The van der Waals surface area contributed by atoms with E-state index in [1.807, 2.05) is 0 Å². The molecule has 1 aliphatic rings. The van der Waals surface area contributed by atoms with Gasteiger partial charge in [-0.1, -0.05) is 30.1 Å². The minimum Gasteiger partial charge on any atom is -0.382 e. The average molecular weight is 289 g/mol. The van der Waals surface area contributed by atoms with E-state index < -0.39 is 0 Å². The molecule has 2 heterocycles. The Bertz CT molecular complexity index is 405. The molecule has 18 heavy (non-hydrogen) atoms. The van der Waals surface area contributed by atoms with Crippen molar-refractivity contribution in [3.63, 3.8) is 0 Å². The number of nitrogens with one attached hydrogen (secondary N) is 2. The van der Waals surface area contributed by atoms with Crippen molar-refractivity contribution in [3.05, 3.63) is 16.4 Å². The number of rotatable bonds is 4. The molecule has 6 heteroatoms. The Morgan fingerprint density at radius 2 is 2.28 bits per heavy atom. The molecule has 100 valence electrons. The lowest BCUT2D eigenvalue weighted by Crippen LogP contribution is -2.44. The number of halogens is 2. The van der Waals surface area contributed by atoms with Crippen LogP contribution in [-0.4, -0.2) is 29.8 Å². The highest BCUT2D eigenvalue weighted by Gasteiger charge is 2.30. The topological polar surface area (TPSA) is 49.8 Å². The summed E-state index contributed by atoms with van der Waals surface area (Å²) in [6.45, 7) is 5.26. The molecule has 0 saturated carbocycles. The number of nitrogens with zero attached hydrogens (tertiary/aromatic N) is 2. The van der Waals surface area contributed by atoms with Crippen molar-refractivity contribution >= 4 is 28.9 Å². The molecule has 1 unspecified atom stereocenters. The predicted molar refractivity (Wildman–Crippen MR) is 75.4 cm³/mol. The average Bonchev–Trinajstić information content (AvgIpc) is 2.41. The molecule has 0 amide bonds. The Balaban J connectivity index is 2.03. The van der Waals surface area contributed by atoms with Gasteiger partial charge in [-0.25, -0.2) is 0 Å². The summed E-state index contributed by atoms with van der Waals surface area (Å²) in [6, 6.07) is 1.72. The second-order valence-corrected chi connectivity index (χ2v) is 5.60. The molecular formula is C12H18Cl2N4. The van der Waals surface area contributed by atoms with Crippen LogP contribution in [0.3, 0.4) is 0 Å². The third-order valence-corrected chi connectivity index (χ3v) is 4.15. The lowest BCUT2D eigenvalue weighted by molar-refractivity contribution is 0.217. The van der Waals surface area contributed by atoms with Crippen LogP contribution >= 0.6 is 23.2 Å². The normalized spacial score (nSPS) is 23.9. The fraction of sp³-hybridized carbons (Fsp3) is 0.667. The van der Waals surface area contributed by atoms with Gasteiger partial charge in [-0.3, -0.25) is 0 Å². The van der Waals surface area contributed by atoms with Crippen LogP contribution in [0.2, 0.25) is 10.3 Å². The summed E-state index contributed by atoms with van der Waals surface area (Å²) in [6.07, 6.45) is 3.59. The van der Waals surface area contributed by atoms with Crippen LogP contribution in [0, 0.1) is 5.41 Å². The highest BCUT2D eigenvalue weighted by molar-refractivity contribution is 6.33. The van der Waals surface area contributed by atoms with Crippen molar-refractivity contribution < 1.29 is 0 Å². The van der Waals surface area contributed by atoms with Gasteiger partial charge in [-0.2, -0.15) is 0 Å². The zero-order chi connectivity index (χ0) is 13.0. The second-order valence-electron chi connectivity index (χ2n) is 4.86. The molecule has 0 aromatic carbocycles. The van der Waals surface area contributed by atoms with Gasteiger partial charge in [0.2, 0.25) is 0 Å². The lowest BCUT2D eigenvalue weighted by atomic mass is 9.78. The first kappa shape index (κ1) is 13.8. The van der Waals surface area contributed by atoms with E-state index in [2.05, 4.69) is 27.8 Å². The van der Waals surface area contributed by atoms with Crippen LogP contribution in [0.4, 0.5) is 5.69 Å². The van der Waals surface area contributed by atoms with E-state index in [-0.39, 0.29) is 5.41 Å². The largest absolute Gasteiger partial charge is 0.382 e. The van der Waals surface area contributed by atoms with Gasteiger partial charge in [0, 0.05) is 19.2 Å². The molecule has 2 rings (SSSR count). The maximum Gasteiger partial charge on any atom is 0.174 e. The minimum atomic E-state index is 0.289. The first-order valence-electron chi connectivity index (χ1n) is 6.28. The van der Waals surface area contributed by atoms with Crippen molar-refractivity contribution in [1.29, 1.82) is 0 Å². The molecule has 1 aliphatic heterocycles. The van der Waals surface area contributed by atoms with Gasteiger partial charge in [0.15, 0.2) is 10.3 Å². The summed E-state index contributed by atoms with van der Waals surface area (Å²) in [7, 11) is 0. The molecule has 0 radical (unpaired) electrons. The van der Waals surface area contributed by atoms with Gasteiger partial charge in [-0.05, 0) is 31.2 Å². The van der Waals surface area contributed by atoms with E-state index in [0.717, 1.165) is 31.7 Å². The molecule has 2 N–H and O–H groups in total. The second kappa shape index (κ2) is 6.04. The van der Waals surface area contributed by atoms with Gasteiger partial charge in [0.1, 0.15) is 0 Å². The van der Waals surface area contributed by atoms with E-state index in [9.17, 15) is 0 Å². The number of anilines is 1. The molecule has 1 atom stereocenters. The number of hydrogen-bond acceptors (Lipinski definition) is 4. The van der Waals surface area contributed by atoms with E-state index in [4.69, 9.17) is 23.2 Å². The van der Waals surface area contributed by atoms with Gasteiger partial charge in [0.25, 0.3) is 0 Å². The first-order chi connectivity index (χ1) is 8.65. The Morgan fingerprint density at radius 3 is 2.94 bits per heavy atom. The third kappa shape index (κ3) is 3.25. The van der Waals surface area contributed by atoms with Gasteiger partial charge >= 0.3 is 0 Å². The lowest BCUT2D eigenvalue weighted by Gasteiger charge is -2.37. The zero-order valence-corrected chi connectivity index (χ0v) is 12.0. The number of hydrogen-bond donors (Lipinski definition) is 2. The molecule has 4 nitrogen and oxygen atoms in total. The summed E-state index contributed by atoms with van der Waals surface area (Å²) in [4.78, 5) is 0. The fourth-order valence-corrected chi connectivity index (χ4v) is 2.67. The highest BCUT2D eigenvalue weighted by atomic mass is 35.5. The summed E-state index contributed by atoms with van der Waals surface area (Å²) in [5.74, 6) is 0. The van der Waals surface area contributed by atoms with E-state index in [0.29, 0.717) is 10.3 Å². The Hall–Kier alpha value is -0.580. The monoisotopic (exact) mass is 288 g/mol. The first-order valence-corrected chi connectivity index (χ1v) is 7.04. The molecule has 1 fully saturated rings. The van der Waals surface area contributed by atoms with Gasteiger partial charge < -0.3 is 10.6 Å². The van der Waals surface area contributed by atoms with Crippen LogP contribution in [0.1, 0.15) is 26.2 Å². The van der Waals surface area contributed by atoms with Crippen molar-refractivity contribution in [2.75, 3.05) is 25.0 Å². The van der Waals surface area contributed by atoms with Crippen LogP contribution < -0.4 is 10.6 Å². The molecule has 1 aromatic heterocycles. The van der Waals surface area contributed by atoms with Crippen molar-refractivity contribution in [3.8, 4) is 0 Å². The third-order valence-electron chi connectivity index (χ3n) is 3.68. The summed E-state index contributed by atoms with van der Waals surface area (Å²) in [5.41, 5.74) is 1.05. The highest BCUT2D eigenvalue weighted by Crippen LogP contribution is 2.31. The maximum absolute atomic E-state index is 5.99. The van der Waals surface area contributed by atoms with E-state index in [1.54, 1.807) is 6.07 Å². The minimum absolute atomic E-state index is 0.289. The van der Waals surface area contributed by atoms with Crippen LogP contribution in [0.15, 0.2) is 6.07 Å². The molecule has 0 aliphatic carbocycles. The Kier molecular flexibility index (Phi) is 4.65. The fourth-order valence-electron chi connectivity index (χ4n) is 2.37. The zero-order valence-electron chi connectivity index (χ0n) is 10.5. The molecule has 1 aromatic rings. The summed E-state index contributed by atoms with van der Waals surface area (Å²) in [5, 5.41) is 15.0. The van der Waals surface area contributed by atoms with Crippen molar-refractivity contribution in [2.45, 2.75) is 26.2 Å². The van der Waals surface area contributed by atoms with Gasteiger partial charge in [-0.15, -0.1) is 10.2 Å². The molecule has 1 saturated heterocycles. The Labute approximate surface area is 117 Å². The smallest absolute Gasteiger partial charge is 0.174 e. The number of aromatic nitrogens is 2. The summed E-state index contributed by atoms with van der Waals surface area (Å²) >= 11 is 11.8. The number of piperidine rings is 1. The maximum atomic E-state index is 5.99. The standard InChI is InChI=1S/C12H18Cl2N4/c1-2-12(4-3-5-15-7-12)8-16-9-6-10(13)17-18-11(9)14/h6,15H,2-5,7-8H2,1H3,(H,16,17). The summed E-state index contributed by atoms with van der Waals surface area (Å²) < 4.78 is 0. The molecule has 0 spiro atoms. The van der Waals surface area contributed by atoms with Crippen LogP contribution in [0.25, 0.3) is 0 Å². The van der Waals surface area contributed by atoms with Gasteiger partial charge in [0.05, 0.1) is 5.69 Å². The quantitative estimate of drug-likeness (QED) is 0.894. The molecular weight excluding hydrogens is 271 g/mol. The van der Waals surface area contributed by atoms with Crippen LogP contribution in [-0.2, 0) is 0 Å². The molecule has 0 bridgehead atoms. The van der Waals surface area contributed by atoms with Crippen LogP contribution in [0.5, 0.6) is 0 Å².